The van der Waals surface area contributed by atoms with E-state index in [0.717, 1.165) is 10.0 Å². The van der Waals surface area contributed by atoms with Gasteiger partial charge in [-0.3, -0.25) is 0 Å². The molecule has 0 aromatic heterocycles. The Labute approximate surface area is 113 Å². The van der Waals surface area contributed by atoms with Gasteiger partial charge >= 0.3 is 51.4 Å². The van der Waals surface area contributed by atoms with Gasteiger partial charge in [0.1, 0.15) is 0 Å². The topological polar surface area (TPSA) is 0 Å². The molecule has 1 aromatic rings. The van der Waals surface area contributed by atoms with Crippen molar-refractivity contribution in [2.75, 3.05) is 0 Å². The third-order valence-electron chi connectivity index (χ3n) is 1.27. The molecular formula is C8H8BrK. The Morgan fingerprint density at radius 1 is 1.40 bits per heavy atom. The molecule has 0 aliphatic rings. The summed E-state index contributed by atoms with van der Waals surface area (Å²) in [6, 6.07) is 6.04. The van der Waals surface area contributed by atoms with Gasteiger partial charge in [0.05, 0.1) is 0 Å². The predicted octanol–water partition coefficient (Wildman–Crippen LogP) is -0.0563. The van der Waals surface area contributed by atoms with Crippen LogP contribution in [0.2, 0.25) is 0 Å². The van der Waals surface area contributed by atoms with E-state index in [9.17, 15) is 0 Å². The minimum absolute atomic E-state index is 0. The summed E-state index contributed by atoms with van der Waals surface area (Å²) in [5.74, 6) is 0. The summed E-state index contributed by atoms with van der Waals surface area (Å²) >= 11 is 3.42. The van der Waals surface area contributed by atoms with Gasteiger partial charge in [-0.05, 0) is 0 Å². The minimum Gasteiger partial charge on any atom is -0.198 e. The molecule has 0 saturated carbocycles. The summed E-state index contributed by atoms with van der Waals surface area (Å²) in [7, 11) is 0. The summed E-state index contributed by atoms with van der Waals surface area (Å²) in [4.78, 5) is 0. The van der Waals surface area contributed by atoms with E-state index in [0.29, 0.717) is 0 Å². The van der Waals surface area contributed by atoms with Crippen molar-refractivity contribution in [2.24, 2.45) is 0 Å². The van der Waals surface area contributed by atoms with Crippen LogP contribution in [0.3, 0.4) is 0 Å². The van der Waals surface area contributed by atoms with Crippen molar-refractivity contribution < 1.29 is 51.4 Å². The Morgan fingerprint density at radius 3 is 2.40 bits per heavy atom. The Balaban J connectivity index is 0.000000810. The molecule has 0 atom stereocenters. The van der Waals surface area contributed by atoms with E-state index < -0.39 is 0 Å². The third kappa shape index (κ3) is 2.68. The van der Waals surface area contributed by atoms with E-state index in [2.05, 4.69) is 35.8 Å². The van der Waals surface area contributed by atoms with Gasteiger partial charge in [0, 0.05) is 0 Å². The van der Waals surface area contributed by atoms with Gasteiger partial charge in [0.2, 0.25) is 0 Å². The molecule has 0 bridgehead atoms. The zero-order chi connectivity index (χ0) is 6.85. The van der Waals surface area contributed by atoms with E-state index in [1.54, 1.807) is 0 Å². The number of rotatable bonds is 0. The van der Waals surface area contributed by atoms with Crippen molar-refractivity contribution >= 4 is 15.9 Å². The summed E-state index contributed by atoms with van der Waals surface area (Å²) < 4.78 is 1.12. The molecule has 0 saturated heterocycles. The van der Waals surface area contributed by atoms with Gasteiger partial charge in [-0.2, -0.15) is 18.6 Å². The van der Waals surface area contributed by atoms with Crippen LogP contribution in [-0.4, -0.2) is 0 Å². The van der Waals surface area contributed by atoms with Crippen molar-refractivity contribution in [2.45, 2.75) is 6.92 Å². The quantitative estimate of drug-likeness (QED) is 0.427. The smallest absolute Gasteiger partial charge is 0.198 e. The molecule has 0 amide bonds. The first-order valence-corrected chi connectivity index (χ1v) is 3.58. The normalized spacial score (nSPS) is 8.60. The van der Waals surface area contributed by atoms with Crippen molar-refractivity contribution in [3.63, 3.8) is 0 Å². The molecule has 0 radical (unpaired) electrons. The maximum absolute atomic E-state index is 3.83. The maximum Gasteiger partial charge on any atom is 1.00 e. The maximum atomic E-state index is 3.83. The first-order chi connectivity index (χ1) is 4.22. The van der Waals surface area contributed by atoms with Crippen LogP contribution in [0.5, 0.6) is 0 Å². The SMILES string of the molecule is [CH2-]c1cccc(C)c1Br.[K+]. The summed E-state index contributed by atoms with van der Waals surface area (Å²) in [5.41, 5.74) is 2.29. The molecule has 0 spiro atoms. The van der Waals surface area contributed by atoms with Crippen LogP contribution in [0.25, 0.3) is 0 Å². The molecule has 48 valence electrons. The first-order valence-electron chi connectivity index (χ1n) is 2.79. The van der Waals surface area contributed by atoms with E-state index in [4.69, 9.17) is 0 Å². The zero-order valence-electron chi connectivity index (χ0n) is 6.32. The molecule has 1 rings (SSSR count). The van der Waals surface area contributed by atoms with E-state index >= 15 is 0 Å². The van der Waals surface area contributed by atoms with Crippen molar-refractivity contribution in [3.05, 3.63) is 40.7 Å². The number of halogens is 1. The fraction of sp³-hybridized carbons (Fsp3) is 0.125. The molecule has 2 heteroatoms. The van der Waals surface area contributed by atoms with Crippen LogP contribution in [0.4, 0.5) is 0 Å². The Hall–Kier alpha value is 1.21. The molecule has 0 nitrogen and oxygen atoms in total. The van der Waals surface area contributed by atoms with Crippen LogP contribution < -0.4 is 51.4 Å². The molecular weight excluding hydrogens is 215 g/mol. The number of hydrogen-bond donors (Lipinski definition) is 0. The van der Waals surface area contributed by atoms with Crippen LogP contribution in [-0.2, 0) is 0 Å². The monoisotopic (exact) mass is 222 g/mol. The molecule has 10 heavy (non-hydrogen) atoms. The average Bonchev–Trinajstić information content (AvgIpc) is 1.83. The Bertz CT molecular complexity index is 200. The molecule has 1 aromatic carbocycles. The van der Waals surface area contributed by atoms with Crippen LogP contribution in [0, 0.1) is 13.8 Å². The fourth-order valence-electron chi connectivity index (χ4n) is 0.708. The fourth-order valence-corrected chi connectivity index (χ4v) is 0.973. The van der Waals surface area contributed by atoms with Crippen LogP contribution >= 0.6 is 15.9 Å². The second-order valence-corrected chi connectivity index (χ2v) is 2.84. The Morgan fingerprint density at radius 2 is 2.00 bits per heavy atom. The summed E-state index contributed by atoms with van der Waals surface area (Å²) in [5, 5.41) is 0. The van der Waals surface area contributed by atoms with Gasteiger partial charge in [-0.25, -0.2) is 0 Å². The largest absolute Gasteiger partial charge is 1.00 e. The third-order valence-corrected chi connectivity index (χ3v) is 2.41. The van der Waals surface area contributed by atoms with Crippen molar-refractivity contribution in [1.29, 1.82) is 0 Å². The molecule has 0 unspecified atom stereocenters. The summed E-state index contributed by atoms with van der Waals surface area (Å²) in [6.45, 7) is 5.89. The van der Waals surface area contributed by atoms with Gasteiger partial charge in [0.25, 0.3) is 0 Å². The zero-order valence-corrected chi connectivity index (χ0v) is 11.0. The minimum atomic E-state index is 0. The molecule has 0 N–H and O–H groups in total. The standard InChI is InChI=1S/C8H8Br.K/c1-6-4-3-5-7(2)8(6)9;/h3-5H,1H2,2H3;/q-1;+1. The van der Waals surface area contributed by atoms with E-state index in [1.165, 1.54) is 5.56 Å². The first kappa shape index (κ1) is 11.2. The molecule has 0 aliphatic heterocycles. The van der Waals surface area contributed by atoms with E-state index in [1.807, 2.05) is 12.1 Å². The van der Waals surface area contributed by atoms with Gasteiger partial charge < -0.3 is 0 Å². The second-order valence-electron chi connectivity index (χ2n) is 2.05. The van der Waals surface area contributed by atoms with Gasteiger partial charge in [-0.1, -0.05) is 23.0 Å². The van der Waals surface area contributed by atoms with Gasteiger partial charge in [-0.15, -0.1) is 22.0 Å². The molecule has 0 aliphatic carbocycles. The van der Waals surface area contributed by atoms with Gasteiger partial charge in [0.15, 0.2) is 0 Å². The van der Waals surface area contributed by atoms with E-state index in [-0.39, 0.29) is 51.4 Å². The molecule has 0 heterocycles. The number of hydrogen-bond acceptors (Lipinski definition) is 0. The van der Waals surface area contributed by atoms with Crippen LogP contribution in [0.15, 0.2) is 22.7 Å². The average molecular weight is 223 g/mol. The predicted molar refractivity (Wildman–Crippen MR) is 43.3 cm³/mol. The Kier molecular flexibility index (Phi) is 5.56. The summed E-state index contributed by atoms with van der Waals surface area (Å²) in [6.07, 6.45) is 0. The van der Waals surface area contributed by atoms with Crippen molar-refractivity contribution in [1.82, 2.24) is 0 Å². The number of aryl methyl sites for hydroxylation is 1. The van der Waals surface area contributed by atoms with Crippen molar-refractivity contribution in [3.8, 4) is 0 Å². The van der Waals surface area contributed by atoms with Crippen LogP contribution in [0.1, 0.15) is 11.1 Å². The molecule has 0 fully saturated rings. The second kappa shape index (κ2) is 4.96. The number of benzene rings is 1.